The number of benzene rings is 1. The molecule has 2 nitrogen and oxygen atoms in total. The topological polar surface area (TPSA) is 37.3 Å². The normalized spacial score (nSPS) is 18.1. The lowest BCUT2D eigenvalue weighted by atomic mass is 9.99. The van der Waals surface area contributed by atoms with Crippen molar-refractivity contribution in [1.82, 2.24) is 0 Å². The highest BCUT2D eigenvalue weighted by Gasteiger charge is 2.12. The van der Waals surface area contributed by atoms with Crippen molar-refractivity contribution in [2.45, 2.75) is 6.92 Å². The molecule has 1 aromatic carbocycles. The van der Waals surface area contributed by atoms with E-state index >= 15 is 0 Å². The van der Waals surface area contributed by atoms with Crippen LogP contribution in [0.15, 0.2) is 71.5 Å². The molecule has 0 aromatic heterocycles. The minimum absolute atomic E-state index is 0.208. The average Bonchev–Trinajstić information content (AvgIpc) is 2.37. The summed E-state index contributed by atoms with van der Waals surface area (Å²) < 4.78 is 0. The summed E-state index contributed by atoms with van der Waals surface area (Å²) >= 11 is 0. The van der Waals surface area contributed by atoms with Crippen LogP contribution in [0.5, 0.6) is 0 Å². The average molecular weight is 238 g/mol. The number of carbonyl (C=O) groups is 1. The second-order valence-corrected chi connectivity index (χ2v) is 4.11. The van der Waals surface area contributed by atoms with Crippen molar-refractivity contribution in [1.29, 1.82) is 0 Å². The number of ketones is 1. The number of rotatable bonds is 2. The van der Waals surface area contributed by atoms with Gasteiger partial charge in [0, 0.05) is 0 Å². The molecule has 0 radical (unpaired) electrons. The van der Waals surface area contributed by atoms with Crippen molar-refractivity contribution in [3.05, 3.63) is 77.1 Å². The number of hydrogen-bond donors (Lipinski definition) is 1. The monoisotopic (exact) mass is 238 g/mol. The first-order chi connectivity index (χ1) is 8.66. The zero-order valence-corrected chi connectivity index (χ0v) is 10.1. The van der Waals surface area contributed by atoms with Crippen LogP contribution in [-0.4, -0.2) is 10.9 Å². The maximum atomic E-state index is 11.2. The van der Waals surface area contributed by atoms with Gasteiger partial charge >= 0.3 is 0 Å². The van der Waals surface area contributed by atoms with Gasteiger partial charge in [0.25, 0.3) is 0 Å². The van der Waals surface area contributed by atoms with Gasteiger partial charge in [-0.1, -0.05) is 48.6 Å². The molecule has 0 heterocycles. The van der Waals surface area contributed by atoms with Crippen LogP contribution in [-0.2, 0) is 4.79 Å². The Morgan fingerprint density at radius 3 is 2.56 bits per heavy atom. The molecular formula is C16H14O2. The van der Waals surface area contributed by atoms with Crippen LogP contribution in [0.4, 0.5) is 0 Å². The Morgan fingerprint density at radius 1 is 1.11 bits per heavy atom. The van der Waals surface area contributed by atoms with Gasteiger partial charge in [0.1, 0.15) is 0 Å². The van der Waals surface area contributed by atoms with E-state index in [2.05, 4.69) is 0 Å². The van der Waals surface area contributed by atoms with E-state index in [1.807, 2.05) is 55.5 Å². The minimum Gasteiger partial charge on any atom is -0.504 e. The first kappa shape index (κ1) is 12.1. The fourth-order valence-corrected chi connectivity index (χ4v) is 1.69. The van der Waals surface area contributed by atoms with E-state index in [0.29, 0.717) is 0 Å². The van der Waals surface area contributed by atoms with Gasteiger partial charge in [-0.25, -0.2) is 0 Å². The third-order valence-corrected chi connectivity index (χ3v) is 2.71. The van der Waals surface area contributed by atoms with Crippen molar-refractivity contribution in [2.75, 3.05) is 0 Å². The molecule has 0 bridgehead atoms. The molecule has 2 rings (SSSR count). The number of aliphatic hydroxyl groups excluding tert-OH is 1. The summed E-state index contributed by atoms with van der Waals surface area (Å²) in [6, 6.07) is 9.94. The van der Waals surface area contributed by atoms with E-state index < -0.39 is 0 Å². The second kappa shape index (κ2) is 5.32. The second-order valence-electron chi connectivity index (χ2n) is 4.11. The molecule has 0 saturated heterocycles. The molecular weight excluding hydrogens is 224 g/mol. The van der Waals surface area contributed by atoms with E-state index in [0.717, 1.165) is 16.7 Å². The molecule has 1 N–H and O–H groups in total. The van der Waals surface area contributed by atoms with Crippen LogP contribution in [0.3, 0.4) is 0 Å². The molecule has 0 amide bonds. The third kappa shape index (κ3) is 2.86. The van der Waals surface area contributed by atoms with E-state index in [1.54, 1.807) is 0 Å². The first-order valence-corrected chi connectivity index (χ1v) is 5.74. The summed E-state index contributed by atoms with van der Waals surface area (Å²) in [6.07, 6.45) is 8.69. The van der Waals surface area contributed by atoms with Crippen molar-refractivity contribution < 1.29 is 9.90 Å². The quantitative estimate of drug-likeness (QED) is 0.854. The summed E-state index contributed by atoms with van der Waals surface area (Å²) in [4.78, 5) is 11.2. The Bertz CT molecular complexity index is 572. The van der Waals surface area contributed by atoms with Gasteiger partial charge in [-0.3, -0.25) is 4.79 Å². The number of aliphatic hydroxyl groups is 1. The zero-order valence-electron chi connectivity index (χ0n) is 10.1. The SMILES string of the molecule is CC1=CC(=O)C(O)=C/C1=C\C=C\c1ccccc1. The van der Waals surface area contributed by atoms with E-state index in [9.17, 15) is 9.90 Å². The Kier molecular flexibility index (Phi) is 3.58. The molecule has 0 saturated carbocycles. The first-order valence-electron chi connectivity index (χ1n) is 5.74. The molecule has 2 heteroatoms. The Hall–Kier alpha value is -2.35. The van der Waals surface area contributed by atoms with Gasteiger partial charge < -0.3 is 5.11 Å². The van der Waals surface area contributed by atoms with Crippen LogP contribution in [0, 0.1) is 0 Å². The van der Waals surface area contributed by atoms with E-state index in [1.165, 1.54) is 12.2 Å². The molecule has 90 valence electrons. The third-order valence-electron chi connectivity index (χ3n) is 2.71. The van der Waals surface area contributed by atoms with Gasteiger partial charge in [0.05, 0.1) is 0 Å². The van der Waals surface area contributed by atoms with Crippen molar-refractivity contribution >= 4 is 11.9 Å². The minimum atomic E-state index is -0.336. The van der Waals surface area contributed by atoms with Gasteiger partial charge in [0.15, 0.2) is 5.76 Å². The summed E-state index contributed by atoms with van der Waals surface area (Å²) in [5.74, 6) is -0.545. The molecule has 0 spiro atoms. The van der Waals surface area contributed by atoms with Crippen LogP contribution in [0.2, 0.25) is 0 Å². The maximum Gasteiger partial charge on any atom is 0.220 e. The number of carbonyl (C=O) groups excluding carboxylic acids is 1. The Balaban J connectivity index is 2.18. The standard InChI is InChI=1S/C16H14O2/c1-12-10-15(17)16(18)11-14(12)9-5-8-13-6-3-2-4-7-13/h2-11,18H,1H3/b8-5+,14-9+. The lowest BCUT2D eigenvalue weighted by molar-refractivity contribution is -0.113. The van der Waals surface area contributed by atoms with Crippen LogP contribution in [0.1, 0.15) is 12.5 Å². The molecule has 1 aromatic rings. The molecule has 0 aliphatic heterocycles. The highest BCUT2D eigenvalue weighted by Crippen LogP contribution is 2.19. The summed E-state index contributed by atoms with van der Waals surface area (Å²) in [5.41, 5.74) is 2.81. The van der Waals surface area contributed by atoms with Crippen molar-refractivity contribution in [3.63, 3.8) is 0 Å². The van der Waals surface area contributed by atoms with Crippen LogP contribution in [0.25, 0.3) is 6.08 Å². The van der Waals surface area contributed by atoms with E-state index in [4.69, 9.17) is 0 Å². The summed E-state index contributed by atoms with van der Waals surface area (Å²) in [6.45, 7) is 1.85. The van der Waals surface area contributed by atoms with Crippen molar-refractivity contribution in [2.24, 2.45) is 0 Å². The number of hydrogen-bond acceptors (Lipinski definition) is 2. The van der Waals surface area contributed by atoms with Gasteiger partial charge in [-0.2, -0.15) is 0 Å². The van der Waals surface area contributed by atoms with Crippen LogP contribution < -0.4 is 0 Å². The lowest BCUT2D eigenvalue weighted by Crippen LogP contribution is -2.05. The zero-order chi connectivity index (χ0) is 13.0. The van der Waals surface area contributed by atoms with Gasteiger partial charge in [-0.15, -0.1) is 0 Å². The fraction of sp³-hybridized carbons (Fsp3) is 0.0625. The Labute approximate surface area is 106 Å². The predicted octanol–water partition coefficient (Wildman–Crippen LogP) is 3.60. The van der Waals surface area contributed by atoms with E-state index in [-0.39, 0.29) is 11.5 Å². The molecule has 1 aliphatic carbocycles. The largest absolute Gasteiger partial charge is 0.504 e. The summed E-state index contributed by atoms with van der Waals surface area (Å²) in [7, 11) is 0. The molecule has 0 fully saturated rings. The highest BCUT2D eigenvalue weighted by atomic mass is 16.3. The smallest absolute Gasteiger partial charge is 0.220 e. The number of allylic oxidation sites excluding steroid dienone is 6. The molecule has 0 atom stereocenters. The van der Waals surface area contributed by atoms with Crippen molar-refractivity contribution in [3.8, 4) is 0 Å². The predicted molar refractivity (Wildman–Crippen MR) is 73.0 cm³/mol. The lowest BCUT2D eigenvalue weighted by Gasteiger charge is -2.08. The summed E-state index contributed by atoms with van der Waals surface area (Å²) in [5, 5.41) is 9.38. The molecule has 0 unspecified atom stereocenters. The van der Waals surface area contributed by atoms with Gasteiger partial charge in [-0.05, 0) is 35.8 Å². The van der Waals surface area contributed by atoms with Crippen LogP contribution >= 0.6 is 0 Å². The Morgan fingerprint density at radius 2 is 1.83 bits per heavy atom. The maximum absolute atomic E-state index is 11.2. The molecule has 18 heavy (non-hydrogen) atoms. The highest BCUT2D eigenvalue weighted by molar-refractivity contribution is 6.05. The molecule has 1 aliphatic rings. The van der Waals surface area contributed by atoms with Gasteiger partial charge in [0.2, 0.25) is 5.78 Å². The fourth-order valence-electron chi connectivity index (χ4n) is 1.69.